The molecule has 1 unspecified atom stereocenters. The molecule has 0 aliphatic heterocycles. The van der Waals surface area contributed by atoms with Crippen LogP contribution >= 0.6 is 0 Å². The molecule has 0 saturated heterocycles. The second kappa shape index (κ2) is 3.44. The highest BCUT2D eigenvalue weighted by atomic mass is 19.4. The fourth-order valence-corrected chi connectivity index (χ4v) is 1.62. The van der Waals surface area contributed by atoms with Gasteiger partial charge in [-0.25, -0.2) is 0 Å². The van der Waals surface area contributed by atoms with Crippen molar-refractivity contribution in [3.8, 4) is 0 Å². The molecule has 2 nitrogen and oxygen atoms in total. The van der Waals surface area contributed by atoms with Crippen LogP contribution in [0.1, 0.15) is 33.1 Å². The third kappa shape index (κ3) is 2.19. The van der Waals surface area contributed by atoms with E-state index in [2.05, 4.69) is 0 Å². The lowest BCUT2D eigenvalue weighted by Gasteiger charge is -2.43. The molecule has 1 amide bonds. The second-order valence-corrected chi connectivity index (χ2v) is 4.20. The zero-order chi connectivity index (χ0) is 11.0. The number of hydrogen-bond donors (Lipinski definition) is 1. The third-order valence-electron chi connectivity index (χ3n) is 3.15. The van der Waals surface area contributed by atoms with E-state index in [1.807, 2.05) is 12.2 Å². The van der Waals surface area contributed by atoms with Crippen molar-refractivity contribution in [1.29, 1.82) is 0 Å². The highest BCUT2D eigenvalue weighted by molar-refractivity contribution is 5.81. The van der Waals surface area contributed by atoms with Gasteiger partial charge in [0.2, 0.25) is 0 Å². The first-order valence-electron chi connectivity index (χ1n) is 4.63. The quantitative estimate of drug-likeness (QED) is 0.742. The SMILES string of the molecule is CC(NC(=O)C(F)(F)F)C1(C)CCC1. The Morgan fingerprint density at radius 2 is 1.93 bits per heavy atom. The number of carbonyl (C=O) groups excluding carboxylic acids is 1. The first kappa shape index (κ1) is 11.3. The number of hydrogen-bond acceptors (Lipinski definition) is 1. The Kier molecular flexibility index (Phi) is 2.78. The van der Waals surface area contributed by atoms with Crippen LogP contribution in [0.25, 0.3) is 0 Å². The number of halogens is 3. The van der Waals surface area contributed by atoms with E-state index in [1.54, 1.807) is 6.92 Å². The van der Waals surface area contributed by atoms with Gasteiger partial charge in [0.25, 0.3) is 0 Å². The van der Waals surface area contributed by atoms with Crippen molar-refractivity contribution in [2.24, 2.45) is 5.41 Å². The maximum atomic E-state index is 11.9. The lowest BCUT2D eigenvalue weighted by Crippen LogP contribution is -2.51. The summed E-state index contributed by atoms with van der Waals surface area (Å²) in [4.78, 5) is 10.6. The summed E-state index contributed by atoms with van der Waals surface area (Å²) in [5.74, 6) is -1.84. The number of rotatable bonds is 2. The van der Waals surface area contributed by atoms with Crippen molar-refractivity contribution in [1.82, 2.24) is 5.32 Å². The maximum Gasteiger partial charge on any atom is 0.471 e. The van der Waals surface area contributed by atoms with Crippen molar-refractivity contribution in [2.45, 2.75) is 45.3 Å². The maximum absolute atomic E-state index is 11.9. The summed E-state index contributed by atoms with van der Waals surface area (Å²) in [5.41, 5.74) is -0.152. The zero-order valence-corrected chi connectivity index (χ0v) is 8.24. The van der Waals surface area contributed by atoms with Crippen LogP contribution in [0, 0.1) is 5.41 Å². The van der Waals surface area contributed by atoms with Crippen LogP contribution in [0.15, 0.2) is 0 Å². The average molecular weight is 209 g/mol. The molecule has 1 fully saturated rings. The Morgan fingerprint density at radius 1 is 1.43 bits per heavy atom. The van der Waals surface area contributed by atoms with Crippen LogP contribution in [0.3, 0.4) is 0 Å². The average Bonchev–Trinajstić information content (AvgIpc) is 1.98. The minimum absolute atomic E-state index is 0.152. The normalized spacial score (nSPS) is 22.4. The predicted octanol–water partition coefficient (Wildman–Crippen LogP) is 2.24. The minimum Gasteiger partial charge on any atom is -0.345 e. The van der Waals surface area contributed by atoms with E-state index in [0.717, 1.165) is 19.3 Å². The highest BCUT2D eigenvalue weighted by Crippen LogP contribution is 2.43. The first-order chi connectivity index (χ1) is 6.26. The standard InChI is InChI=1S/C9H14F3NO/c1-6(8(2)4-3-5-8)13-7(14)9(10,11)12/h6H,3-5H2,1-2H3,(H,13,14). The lowest BCUT2D eigenvalue weighted by atomic mass is 9.66. The smallest absolute Gasteiger partial charge is 0.345 e. The fourth-order valence-electron chi connectivity index (χ4n) is 1.62. The number of nitrogens with one attached hydrogen (secondary N) is 1. The van der Waals surface area contributed by atoms with Gasteiger partial charge in [0.05, 0.1) is 0 Å². The summed E-state index contributed by atoms with van der Waals surface area (Å²) in [5, 5.41) is 2.00. The minimum atomic E-state index is -4.77. The van der Waals surface area contributed by atoms with Crippen LogP contribution in [0.5, 0.6) is 0 Å². The van der Waals surface area contributed by atoms with E-state index < -0.39 is 18.1 Å². The number of alkyl halides is 3. The van der Waals surface area contributed by atoms with Crippen LogP contribution in [-0.2, 0) is 4.79 Å². The van der Waals surface area contributed by atoms with Crippen LogP contribution < -0.4 is 5.32 Å². The van der Waals surface area contributed by atoms with Crippen molar-refractivity contribution in [3.63, 3.8) is 0 Å². The van der Waals surface area contributed by atoms with E-state index >= 15 is 0 Å². The molecule has 0 aromatic rings. The molecule has 14 heavy (non-hydrogen) atoms. The molecule has 1 atom stereocenters. The van der Waals surface area contributed by atoms with E-state index in [4.69, 9.17) is 0 Å². The molecule has 0 bridgehead atoms. The van der Waals surface area contributed by atoms with E-state index in [9.17, 15) is 18.0 Å². The molecule has 0 aromatic carbocycles. The largest absolute Gasteiger partial charge is 0.471 e. The molecular weight excluding hydrogens is 195 g/mol. The Labute approximate surface area is 80.9 Å². The summed E-state index contributed by atoms with van der Waals surface area (Å²) in [7, 11) is 0. The van der Waals surface area contributed by atoms with Gasteiger partial charge in [-0.1, -0.05) is 13.3 Å². The van der Waals surface area contributed by atoms with Gasteiger partial charge in [-0.05, 0) is 25.2 Å². The van der Waals surface area contributed by atoms with Gasteiger partial charge in [0, 0.05) is 6.04 Å². The van der Waals surface area contributed by atoms with Crippen molar-refractivity contribution >= 4 is 5.91 Å². The lowest BCUT2D eigenvalue weighted by molar-refractivity contribution is -0.175. The van der Waals surface area contributed by atoms with Gasteiger partial charge in [-0.3, -0.25) is 4.79 Å². The van der Waals surface area contributed by atoms with E-state index in [1.165, 1.54) is 0 Å². The van der Waals surface area contributed by atoms with Crippen molar-refractivity contribution in [2.75, 3.05) is 0 Å². The van der Waals surface area contributed by atoms with Crippen LogP contribution in [0.2, 0.25) is 0 Å². The van der Waals surface area contributed by atoms with Crippen molar-refractivity contribution in [3.05, 3.63) is 0 Å². The van der Waals surface area contributed by atoms with Gasteiger partial charge < -0.3 is 5.32 Å². The summed E-state index contributed by atoms with van der Waals surface area (Å²) >= 11 is 0. The van der Waals surface area contributed by atoms with Gasteiger partial charge >= 0.3 is 12.1 Å². The van der Waals surface area contributed by atoms with Gasteiger partial charge in [0.15, 0.2) is 0 Å². The highest BCUT2D eigenvalue weighted by Gasteiger charge is 2.44. The van der Waals surface area contributed by atoms with Crippen LogP contribution in [-0.4, -0.2) is 18.1 Å². The molecule has 0 heterocycles. The Balaban J connectivity index is 2.48. The van der Waals surface area contributed by atoms with Crippen molar-refractivity contribution < 1.29 is 18.0 Å². The second-order valence-electron chi connectivity index (χ2n) is 4.20. The summed E-state index contributed by atoms with van der Waals surface area (Å²) in [6.45, 7) is 3.53. The molecule has 1 aliphatic carbocycles. The first-order valence-corrected chi connectivity index (χ1v) is 4.63. The Morgan fingerprint density at radius 3 is 2.21 bits per heavy atom. The summed E-state index contributed by atoms with van der Waals surface area (Å²) in [6, 6.07) is -0.412. The monoisotopic (exact) mass is 209 g/mol. The molecule has 5 heteroatoms. The van der Waals surface area contributed by atoms with Crippen LogP contribution in [0.4, 0.5) is 13.2 Å². The molecular formula is C9H14F3NO. The van der Waals surface area contributed by atoms with E-state index in [0.29, 0.717) is 0 Å². The predicted molar refractivity (Wildman–Crippen MR) is 45.6 cm³/mol. The molecule has 1 N–H and O–H groups in total. The topological polar surface area (TPSA) is 29.1 Å². The molecule has 82 valence electrons. The summed E-state index contributed by atoms with van der Waals surface area (Å²) < 4.78 is 35.7. The molecule has 0 spiro atoms. The summed E-state index contributed by atoms with van der Waals surface area (Å²) in [6.07, 6.45) is -1.98. The Hall–Kier alpha value is -0.740. The van der Waals surface area contributed by atoms with Gasteiger partial charge in [-0.15, -0.1) is 0 Å². The molecule has 1 rings (SSSR count). The molecule has 0 aromatic heterocycles. The number of amides is 1. The van der Waals surface area contributed by atoms with E-state index in [-0.39, 0.29) is 5.41 Å². The van der Waals surface area contributed by atoms with Gasteiger partial charge in [0.1, 0.15) is 0 Å². The zero-order valence-electron chi connectivity index (χ0n) is 8.24. The molecule has 1 saturated carbocycles. The Bertz CT molecular complexity index is 233. The molecule has 0 radical (unpaired) electrons. The van der Waals surface area contributed by atoms with Gasteiger partial charge in [-0.2, -0.15) is 13.2 Å². The number of carbonyl (C=O) groups is 1. The third-order valence-corrected chi connectivity index (χ3v) is 3.15. The molecule has 1 aliphatic rings. The fraction of sp³-hybridized carbons (Fsp3) is 0.889.